The minimum absolute atomic E-state index is 0. The second kappa shape index (κ2) is 36.5. The molecule has 3 radical (unpaired) electrons. The number of carbonyl (C=O) groups excluding carboxylic acids is 6. The first-order valence-electron chi connectivity index (χ1n) is 24.7. The van der Waals surface area contributed by atoms with Crippen LogP contribution in [0.4, 0.5) is 9.59 Å². The van der Waals surface area contributed by atoms with Crippen molar-refractivity contribution in [2.45, 2.75) is 142 Å². The Balaban J connectivity index is 0.000000530. The molecular formula is C52H79BCl2N4NaO15. The van der Waals surface area contributed by atoms with E-state index in [2.05, 4.69) is 57.0 Å². The molecule has 4 atom stereocenters. The number of hydrogen-bond acceptors (Lipinski definition) is 17. The SMILES string of the molecule is CC(=O)OOC(C)=O.CC(C)(C)OC(=O)N1CCC(=O)CC1.COC[C@H]1CN(C2CCN(C(=O)OC(C)(C)C)CC2)C(Cc2ccc(Cl)cc2)CO1.COC[C@H]1CNC(Cc2ccc(Cl)cc2)CO1.[B-]OC(C)=O.[Na+]. The van der Waals surface area contributed by atoms with E-state index in [1.807, 2.05) is 70.7 Å². The Morgan fingerprint density at radius 2 is 1.09 bits per heavy atom. The monoisotopic (exact) mass is 1100 g/mol. The van der Waals surface area contributed by atoms with Crippen LogP contribution in [0.3, 0.4) is 0 Å². The molecule has 4 aliphatic heterocycles. The number of amides is 2. The molecule has 2 amide bonds. The van der Waals surface area contributed by atoms with E-state index in [9.17, 15) is 28.8 Å². The van der Waals surface area contributed by atoms with Crippen LogP contribution in [0.15, 0.2) is 48.5 Å². The third-order valence-corrected chi connectivity index (χ3v) is 11.6. The van der Waals surface area contributed by atoms with E-state index in [4.69, 9.17) is 51.6 Å². The van der Waals surface area contributed by atoms with E-state index >= 15 is 0 Å². The topological polar surface area (TPSA) is 207 Å². The van der Waals surface area contributed by atoms with Crippen molar-refractivity contribution in [1.82, 2.24) is 20.0 Å². The average molecular weight is 1100 g/mol. The number of morpholine rings is 2. The zero-order valence-electron chi connectivity index (χ0n) is 46.1. The maximum absolute atomic E-state index is 12.4. The Hall–Kier alpha value is -3.54. The molecule has 2 aromatic carbocycles. The summed E-state index contributed by atoms with van der Waals surface area (Å²) in [6, 6.07) is 17.1. The summed E-state index contributed by atoms with van der Waals surface area (Å²) in [6.45, 7) is 21.5. The molecule has 0 aromatic heterocycles. The molecule has 2 aromatic rings. The van der Waals surface area contributed by atoms with Crippen LogP contribution in [-0.4, -0.2) is 180 Å². The van der Waals surface area contributed by atoms with Crippen LogP contribution in [0.5, 0.6) is 0 Å². The molecule has 75 heavy (non-hydrogen) atoms. The molecule has 1 N–H and O–H groups in total. The number of halogens is 2. The van der Waals surface area contributed by atoms with Crippen LogP contribution in [0, 0.1) is 0 Å². The van der Waals surface area contributed by atoms with E-state index in [0.717, 1.165) is 82.4 Å². The van der Waals surface area contributed by atoms with Crippen molar-refractivity contribution in [2.75, 3.05) is 79.9 Å². The van der Waals surface area contributed by atoms with Crippen molar-refractivity contribution in [2.24, 2.45) is 0 Å². The summed E-state index contributed by atoms with van der Waals surface area (Å²) < 4.78 is 36.6. The zero-order valence-corrected chi connectivity index (χ0v) is 49.6. The number of ketones is 1. The fourth-order valence-electron chi connectivity index (χ4n) is 7.67. The summed E-state index contributed by atoms with van der Waals surface area (Å²) in [5.74, 6) is -1.52. The molecule has 4 fully saturated rings. The van der Waals surface area contributed by atoms with Crippen LogP contribution < -0.4 is 34.9 Å². The van der Waals surface area contributed by atoms with E-state index in [-0.39, 0.29) is 59.7 Å². The van der Waals surface area contributed by atoms with Crippen molar-refractivity contribution in [3.8, 4) is 0 Å². The molecule has 415 valence electrons. The van der Waals surface area contributed by atoms with Crippen molar-refractivity contribution < 1.29 is 101 Å². The van der Waals surface area contributed by atoms with Gasteiger partial charge in [0.15, 0.2) is 0 Å². The summed E-state index contributed by atoms with van der Waals surface area (Å²) in [4.78, 5) is 77.7. The van der Waals surface area contributed by atoms with Gasteiger partial charge in [-0.2, -0.15) is 0 Å². The fourth-order valence-corrected chi connectivity index (χ4v) is 7.92. The minimum atomic E-state index is -0.639. The second-order valence-corrected chi connectivity index (χ2v) is 20.8. The summed E-state index contributed by atoms with van der Waals surface area (Å²) in [7, 11) is 7.73. The van der Waals surface area contributed by atoms with Crippen LogP contribution >= 0.6 is 23.2 Å². The molecule has 6 rings (SSSR count). The van der Waals surface area contributed by atoms with Crippen LogP contribution in [0.2, 0.25) is 10.0 Å². The molecular weight excluding hydrogens is 1030 g/mol. The van der Waals surface area contributed by atoms with E-state index < -0.39 is 29.1 Å². The number of piperidine rings is 2. The molecule has 4 saturated heterocycles. The Kier molecular flexibility index (Phi) is 33.8. The summed E-state index contributed by atoms with van der Waals surface area (Å²) in [5, 5.41) is 5.01. The molecule has 2 unspecified atom stereocenters. The predicted octanol–water partition coefficient (Wildman–Crippen LogP) is 4.13. The van der Waals surface area contributed by atoms with Gasteiger partial charge in [0, 0.05) is 115 Å². The first-order chi connectivity index (χ1) is 34.8. The van der Waals surface area contributed by atoms with Gasteiger partial charge in [-0.25, -0.2) is 29.0 Å². The van der Waals surface area contributed by atoms with Crippen LogP contribution in [0.1, 0.15) is 99.1 Å². The van der Waals surface area contributed by atoms with Gasteiger partial charge < -0.3 is 56.2 Å². The van der Waals surface area contributed by atoms with Crippen molar-refractivity contribution in [1.29, 1.82) is 0 Å². The van der Waals surface area contributed by atoms with Gasteiger partial charge in [0.2, 0.25) is 5.97 Å². The summed E-state index contributed by atoms with van der Waals surface area (Å²) in [5.41, 5.74) is 1.61. The summed E-state index contributed by atoms with van der Waals surface area (Å²) in [6.07, 6.45) is 4.43. The number of methoxy groups -OCH3 is 2. The van der Waals surface area contributed by atoms with Gasteiger partial charge in [0.25, 0.3) is 0 Å². The van der Waals surface area contributed by atoms with Gasteiger partial charge in [-0.15, -0.1) is 0 Å². The van der Waals surface area contributed by atoms with E-state index in [1.165, 1.54) is 18.1 Å². The summed E-state index contributed by atoms with van der Waals surface area (Å²) >= 11 is 11.9. The number of nitrogens with one attached hydrogen (secondary N) is 1. The first-order valence-corrected chi connectivity index (χ1v) is 25.5. The molecule has 0 bridgehead atoms. The van der Waals surface area contributed by atoms with Crippen molar-refractivity contribution in [3.63, 3.8) is 0 Å². The Morgan fingerprint density at radius 1 is 0.667 bits per heavy atom. The van der Waals surface area contributed by atoms with Gasteiger partial charge in [-0.05, 0) is 103 Å². The quantitative estimate of drug-likeness (QED) is 0.213. The Bertz CT molecular complexity index is 1970. The molecule has 0 saturated carbocycles. The predicted molar refractivity (Wildman–Crippen MR) is 280 cm³/mol. The van der Waals surface area contributed by atoms with E-state index in [0.29, 0.717) is 63.9 Å². The molecule has 23 heteroatoms. The molecule has 0 aliphatic carbocycles. The molecule has 4 heterocycles. The third kappa shape index (κ3) is 31.5. The molecule has 19 nitrogen and oxygen atoms in total. The van der Waals surface area contributed by atoms with Crippen molar-refractivity contribution in [3.05, 3.63) is 69.7 Å². The van der Waals surface area contributed by atoms with Gasteiger partial charge in [0.1, 0.15) is 17.0 Å². The fraction of sp³-hybridized carbons (Fsp3) is 0.654. The molecule has 4 aliphatic rings. The number of carbonyl (C=O) groups is 6. The minimum Gasteiger partial charge on any atom is -0.793 e. The maximum Gasteiger partial charge on any atom is 1.00 e. The Morgan fingerprint density at radius 3 is 1.49 bits per heavy atom. The third-order valence-electron chi connectivity index (χ3n) is 11.1. The number of likely N-dealkylation sites (tertiary alicyclic amines) is 2. The van der Waals surface area contributed by atoms with Crippen molar-refractivity contribution >= 4 is 67.1 Å². The number of hydrogen-bond donors (Lipinski definition) is 1. The number of benzene rings is 2. The van der Waals surface area contributed by atoms with Gasteiger partial charge >= 0.3 is 53.7 Å². The standard InChI is InChI=1S/C23H35ClN2O4.C13H18ClNO2.C10H17NO3.C4H6O4.C2H3BO2.Na/c1-23(2,3)30-22(27)25-11-9-19(10-12-25)26-14-21(16-28-4)29-15-20(26)13-17-5-7-18(24)8-6-17;1-16-9-13-7-15-12(8-17-13)6-10-2-4-11(14)5-3-10;1-10(2,3)14-9(13)11-6-4-8(12)5-7-11;1-3(5)7-8-4(2)6;1-2(4)5-3;/h5-8,19-21H,9-16H2,1-4H3;2-5,12-13,15H,6-9H2,1H3;4-7H2,1-3H3;1-2H3;1H3;/q;;;;-1;+1/t20?,21-;12?,13-;;;;/m11..../s1. The second-order valence-electron chi connectivity index (χ2n) is 19.9. The zero-order chi connectivity index (χ0) is 55.4. The van der Waals surface area contributed by atoms with E-state index in [1.54, 1.807) is 19.1 Å². The van der Waals surface area contributed by atoms with Gasteiger partial charge in [0.05, 0.1) is 38.6 Å². The normalized spacial score (nSPS) is 19.9. The maximum atomic E-state index is 12.4. The number of rotatable bonds is 9. The van der Waals surface area contributed by atoms with Gasteiger partial charge in [-0.1, -0.05) is 47.5 Å². The first kappa shape index (κ1) is 69.5. The Labute approximate surface area is 477 Å². The van der Waals surface area contributed by atoms with Crippen LogP contribution in [-0.2, 0) is 74.9 Å². The number of Topliss-reactive ketones (excluding diaryl/α,β-unsaturated/α-hetero) is 1. The number of ether oxygens (including phenoxy) is 6. The van der Waals surface area contributed by atoms with Crippen LogP contribution in [0.25, 0.3) is 0 Å². The smallest absolute Gasteiger partial charge is 0.793 e. The largest absolute Gasteiger partial charge is 1.00 e. The average Bonchev–Trinajstić information content (AvgIpc) is 3.33. The van der Waals surface area contributed by atoms with Gasteiger partial charge in [-0.3, -0.25) is 14.5 Å². The number of nitrogens with zero attached hydrogens (tertiary/aromatic N) is 3. The molecule has 0 spiro atoms.